The second kappa shape index (κ2) is 9.72. The van der Waals surface area contributed by atoms with Crippen molar-refractivity contribution >= 4 is 23.8 Å². The highest BCUT2D eigenvalue weighted by Gasteiger charge is 2.25. The first kappa shape index (κ1) is 21.2. The first-order valence-corrected chi connectivity index (χ1v) is 9.04. The van der Waals surface area contributed by atoms with E-state index in [1.54, 1.807) is 21.3 Å². The van der Waals surface area contributed by atoms with Crippen molar-refractivity contribution in [3.63, 3.8) is 0 Å². The number of benzene rings is 2. The highest BCUT2D eigenvalue weighted by Crippen LogP contribution is 2.43. The lowest BCUT2D eigenvalue weighted by molar-refractivity contribution is 0.324. The van der Waals surface area contributed by atoms with Gasteiger partial charge in [0.05, 0.1) is 21.3 Å². The van der Waals surface area contributed by atoms with E-state index < -0.39 is 0 Å². The van der Waals surface area contributed by atoms with E-state index in [1.165, 1.54) is 11.3 Å². The Labute approximate surface area is 168 Å². The van der Waals surface area contributed by atoms with E-state index >= 15 is 0 Å². The summed E-state index contributed by atoms with van der Waals surface area (Å²) in [6, 6.07) is 13.1. The third-order valence-electron chi connectivity index (χ3n) is 4.88. The number of nitrogens with one attached hydrogen (secondary N) is 1. The molecule has 1 aliphatic heterocycles. The van der Waals surface area contributed by atoms with Gasteiger partial charge in [-0.25, -0.2) is 0 Å². The molecule has 0 spiro atoms. The Bertz CT molecular complexity index is 723. The Hall–Kier alpha value is -2.11. The van der Waals surface area contributed by atoms with Crippen molar-refractivity contribution < 1.29 is 14.2 Å². The molecule has 0 saturated carbocycles. The molecule has 0 bridgehead atoms. The molecule has 1 saturated heterocycles. The van der Waals surface area contributed by atoms with Crippen LogP contribution in [0.5, 0.6) is 17.2 Å². The van der Waals surface area contributed by atoms with Gasteiger partial charge in [0.25, 0.3) is 0 Å². The second-order valence-corrected chi connectivity index (χ2v) is 6.57. The van der Waals surface area contributed by atoms with Crippen molar-refractivity contribution in [3.8, 4) is 17.2 Å². The quantitative estimate of drug-likeness (QED) is 0.792. The minimum Gasteiger partial charge on any atom is -0.493 e. The molecule has 1 aliphatic rings. The number of piperidine rings is 1. The molecule has 0 aromatic heterocycles. The van der Waals surface area contributed by atoms with E-state index in [1.807, 2.05) is 12.1 Å². The van der Waals surface area contributed by atoms with Crippen LogP contribution < -0.4 is 24.4 Å². The number of ether oxygens (including phenoxy) is 3. The number of methoxy groups -OCH3 is 3. The minimum absolute atomic E-state index is 0. The van der Waals surface area contributed by atoms with Crippen molar-refractivity contribution in [1.82, 2.24) is 5.32 Å². The van der Waals surface area contributed by atoms with Crippen LogP contribution in [-0.4, -0.2) is 40.5 Å². The average molecular weight is 393 g/mol. The predicted molar refractivity (Wildman–Crippen MR) is 113 cm³/mol. The number of nitrogens with zero attached hydrogens (tertiary/aromatic N) is 1. The topological polar surface area (TPSA) is 43.0 Å². The molecular weight excluding hydrogens is 364 g/mol. The van der Waals surface area contributed by atoms with Gasteiger partial charge in [-0.15, -0.1) is 12.4 Å². The van der Waals surface area contributed by atoms with E-state index in [0.717, 1.165) is 31.6 Å². The molecule has 0 radical (unpaired) electrons. The summed E-state index contributed by atoms with van der Waals surface area (Å²) < 4.78 is 16.6. The number of hydrogen-bond donors (Lipinski definition) is 1. The van der Waals surface area contributed by atoms with Crippen LogP contribution in [0.2, 0.25) is 0 Å². The maximum atomic E-state index is 5.57. The summed E-state index contributed by atoms with van der Waals surface area (Å²) in [4.78, 5) is 2.40. The Balaban J connectivity index is 0.00000261. The molecule has 1 N–H and O–H groups in total. The van der Waals surface area contributed by atoms with Crippen LogP contribution in [0.25, 0.3) is 0 Å². The fourth-order valence-electron chi connectivity index (χ4n) is 3.62. The van der Waals surface area contributed by atoms with Crippen LogP contribution in [0.15, 0.2) is 36.4 Å². The summed E-state index contributed by atoms with van der Waals surface area (Å²) in [5, 5.41) is 3.45. The van der Waals surface area contributed by atoms with Gasteiger partial charge in [-0.1, -0.05) is 12.1 Å². The standard InChI is InChI=1S/C21H28N2O3.ClH/c1-15-6-5-7-17(12-15)23(16-8-10-22-11-9-16)18-13-19(24-2)21(26-4)20(14-18)25-3;/h5-7,12-14,16,22H,8-11H2,1-4H3;1H. The van der Waals surface area contributed by atoms with Crippen LogP contribution in [0.1, 0.15) is 18.4 Å². The minimum atomic E-state index is 0. The van der Waals surface area contributed by atoms with Crippen LogP contribution in [0.3, 0.4) is 0 Å². The van der Waals surface area contributed by atoms with E-state index in [4.69, 9.17) is 14.2 Å². The van der Waals surface area contributed by atoms with Crippen LogP contribution in [0, 0.1) is 6.92 Å². The van der Waals surface area contributed by atoms with Gasteiger partial charge >= 0.3 is 0 Å². The van der Waals surface area contributed by atoms with Gasteiger partial charge in [0.2, 0.25) is 5.75 Å². The van der Waals surface area contributed by atoms with Gasteiger partial charge in [-0.2, -0.15) is 0 Å². The molecule has 148 valence electrons. The van der Waals surface area contributed by atoms with E-state index in [0.29, 0.717) is 23.3 Å². The lowest BCUT2D eigenvalue weighted by Crippen LogP contribution is -2.40. The number of rotatable bonds is 6. The van der Waals surface area contributed by atoms with Crippen LogP contribution >= 0.6 is 12.4 Å². The zero-order valence-electron chi connectivity index (χ0n) is 16.5. The first-order valence-electron chi connectivity index (χ1n) is 9.04. The van der Waals surface area contributed by atoms with Gasteiger partial charge in [0, 0.05) is 29.5 Å². The smallest absolute Gasteiger partial charge is 0.203 e. The molecule has 2 aromatic rings. The zero-order valence-corrected chi connectivity index (χ0v) is 17.3. The van der Waals surface area contributed by atoms with Crippen molar-refractivity contribution in [2.24, 2.45) is 0 Å². The second-order valence-electron chi connectivity index (χ2n) is 6.57. The maximum absolute atomic E-state index is 5.57. The molecule has 1 fully saturated rings. The van der Waals surface area contributed by atoms with E-state index in [2.05, 4.69) is 41.4 Å². The van der Waals surface area contributed by atoms with Crippen molar-refractivity contribution in [3.05, 3.63) is 42.0 Å². The Morgan fingerprint density at radius 1 is 0.889 bits per heavy atom. The predicted octanol–water partition coefficient (Wildman–Crippen LogP) is 4.33. The Morgan fingerprint density at radius 3 is 2.04 bits per heavy atom. The fraction of sp³-hybridized carbons (Fsp3) is 0.429. The normalized spacial score (nSPS) is 14.2. The van der Waals surface area contributed by atoms with Crippen LogP contribution in [0.4, 0.5) is 11.4 Å². The van der Waals surface area contributed by atoms with Crippen LogP contribution in [-0.2, 0) is 0 Å². The highest BCUT2D eigenvalue weighted by molar-refractivity contribution is 5.85. The van der Waals surface area contributed by atoms with Gasteiger partial charge in [0.15, 0.2) is 11.5 Å². The molecule has 0 amide bonds. The van der Waals surface area contributed by atoms with Gasteiger partial charge in [-0.3, -0.25) is 0 Å². The molecule has 0 unspecified atom stereocenters. The highest BCUT2D eigenvalue weighted by atomic mass is 35.5. The third-order valence-corrected chi connectivity index (χ3v) is 4.88. The summed E-state index contributed by atoms with van der Waals surface area (Å²) >= 11 is 0. The molecule has 3 rings (SSSR count). The van der Waals surface area contributed by atoms with Gasteiger partial charge < -0.3 is 24.4 Å². The third kappa shape index (κ3) is 4.60. The number of halogens is 1. The maximum Gasteiger partial charge on any atom is 0.203 e. The monoisotopic (exact) mass is 392 g/mol. The summed E-state index contributed by atoms with van der Waals surface area (Å²) in [5.41, 5.74) is 3.48. The largest absolute Gasteiger partial charge is 0.493 e. The SMILES string of the molecule is COc1cc(N(c2cccc(C)c2)C2CCNCC2)cc(OC)c1OC.Cl. The summed E-state index contributed by atoms with van der Waals surface area (Å²) in [5.74, 6) is 1.97. The molecule has 6 heteroatoms. The van der Waals surface area contributed by atoms with Crippen molar-refractivity contribution in [2.45, 2.75) is 25.8 Å². The Morgan fingerprint density at radius 2 is 1.52 bits per heavy atom. The van der Waals surface area contributed by atoms with Crippen molar-refractivity contribution in [2.75, 3.05) is 39.3 Å². The molecule has 5 nitrogen and oxygen atoms in total. The zero-order chi connectivity index (χ0) is 18.5. The molecule has 27 heavy (non-hydrogen) atoms. The summed E-state index contributed by atoms with van der Waals surface area (Å²) in [6.45, 7) is 4.17. The van der Waals surface area contributed by atoms with E-state index in [9.17, 15) is 0 Å². The van der Waals surface area contributed by atoms with Gasteiger partial charge in [0.1, 0.15) is 0 Å². The Kier molecular flexibility index (Phi) is 7.63. The van der Waals surface area contributed by atoms with Crippen molar-refractivity contribution in [1.29, 1.82) is 0 Å². The molecular formula is C21H29ClN2O3. The molecule has 0 aliphatic carbocycles. The molecule has 1 heterocycles. The summed E-state index contributed by atoms with van der Waals surface area (Å²) in [6.07, 6.45) is 2.18. The first-order chi connectivity index (χ1) is 12.7. The van der Waals surface area contributed by atoms with E-state index in [-0.39, 0.29) is 12.4 Å². The number of aryl methyl sites for hydroxylation is 1. The molecule has 2 aromatic carbocycles. The van der Waals surface area contributed by atoms with Gasteiger partial charge in [-0.05, 0) is 50.6 Å². The lowest BCUT2D eigenvalue weighted by Gasteiger charge is -2.37. The fourth-order valence-corrected chi connectivity index (χ4v) is 3.62. The summed E-state index contributed by atoms with van der Waals surface area (Å²) in [7, 11) is 4.94. The number of hydrogen-bond acceptors (Lipinski definition) is 5. The number of anilines is 2. The molecule has 0 atom stereocenters. The lowest BCUT2D eigenvalue weighted by atomic mass is 10.0. The average Bonchev–Trinajstić information content (AvgIpc) is 2.68.